The van der Waals surface area contributed by atoms with Crippen molar-refractivity contribution in [3.63, 3.8) is 0 Å². The first-order valence-electron chi connectivity index (χ1n) is 8.10. The molecule has 1 unspecified atom stereocenters. The molecule has 0 bridgehead atoms. The van der Waals surface area contributed by atoms with Gasteiger partial charge in [-0.1, -0.05) is 35.3 Å². The summed E-state index contributed by atoms with van der Waals surface area (Å²) in [5, 5.41) is 1.16. The van der Waals surface area contributed by atoms with Crippen LogP contribution in [0.15, 0.2) is 48.8 Å². The third kappa shape index (κ3) is 4.97. The fourth-order valence-corrected chi connectivity index (χ4v) is 3.01. The molecule has 2 heterocycles. The van der Waals surface area contributed by atoms with Crippen LogP contribution >= 0.6 is 23.2 Å². The van der Waals surface area contributed by atoms with Gasteiger partial charge >= 0.3 is 0 Å². The number of hydrogen-bond donors (Lipinski definition) is 0. The van der Waals surface area contributed by atoms with E-state index in [-0.39, 0.29) is 12.0 Å². The summed E-state index contributed by atoms with van der Waals surface area (Å²) in [4.78, 5) is 18.2. The van der Waals surface area contributed by atoms with Gasteiger partial charge in [-0.25, -0.2) is 0 Å². The van der Waals surface area contributed by atoms with Crippen LogP contribution in [-0.4, -0.2) is 35.0 Å². The standard InChI is InChI=1S/C19H18Cl2N2O2/c20-15-6-3-14(4-7-15)5-8-19(24)23-11-1-2-16(13-23)25-18-9-10-22-12-17(18)21/h3-10,12,16H,1-2,11,13H2/b8-5+. The van der Waals surface area contributed by atoms with Gasteiger partial charge in [0.15, 0.2) is 0 Å². The lowest BCUT2D eigenvalue weighted by molar-refractivity contribution is -0.128. The molecule has 0 N–H and O–H groups in total. The lowest BCUT2D eigenvalue weighted by Gasteiger charge is -2.32. The first-order valence-corrected chi connectivity index (χ1v) is 8.86. The predicted molar refractivity (Wildman–Crippen MR) is 100.0 cm³/mol. The maximum atomic E-state index is 12.4. The largest absolute Gasteiger partial charge is 0.487 e. The van der Waals surface area contributed by atoms with Gasteiger partial charge < -0.3 is 9.64 Å². The Morgan fingerprint density at radius 3 is 2.80 bits per heavy atom. The molecule has 130 valence electrons. The van der Waals surface area contributed by atoms with Crippen molar-refractivity contribution >= 4 is 35.2 Å². The van der Waals surface area contributed by atoms with E-state index in [9.17, 15) is 4.79 Å². The molecule has 1 aliphatic heterocycles. The Kier molecular flexibility index (Phi) is 5.95. The molecule has 6 heteroatoms. The van der Waals surface area contributed by atoms with Crippen molar-refractivity contribution in [3.8, 4) is 5.75 Å². The molecule has 4 nitrogen and oxygen atoms in total. The van der Waals surface area contributed by atoms with Gasteiger partial charge in [0.25, 0.3) is 0 Å². The van der Waals surface area contributed by atoms with Crippen molar-refractivity contribution in [2.24, 2.45) is 0 Å². The van der Waals surface area contributed by atoms with Crippen LogP contribution in [0.4, 0.5) is 0 Å². The van der Waals surface area contributed by atoms with Gasteiger partial charge in [-0.15, -0.1) is 0 Å². The number of hydrogen-bond acceptors (Lipinski definition) is 3. The molecule has 1 atom stereocenters. The minimum atomic E-state index is -0.0680. The summed E-state index contributed by atoms with van der Waals surface area (Å²) < 4.78 is 5.94. The fraction of sp³-hybridized carbons (Fsp3) is 0.263. The zero-order valence-corrected chi connectivity index (χ0v) is 15.1. The Labute approximate surface area is 157 Å². The lowest BCUT2D eigenvalue weighted by Crippen LogP contribution is -2.43. The zero-order chi connectivity index (χ0) is 17.6. The number of piperidine rings is 1. The predicted octanol–water partition coefficient (Wildman–Crippen LogP) is 4.47. The maximum absolute atomic E-state index is 12.4. The van der Waals surface area contributed by atoms with Crippen molar-refractivity contribution < 1.29 is 9.53 Å². The molecule has 1 aromatic carbocycles. The summed E-state index contributed by atoms with van der Waals surface area (Å²) >= 11 is 11.9. The summed E-state index contributed by atoms with van der Waals surface area (Å²) in [5.41, 5.74) is 0.936. The molecule has 3 rings (SSSR count). The van der Waals surface area contributed by atoms with Crippen molar-refractivity contribution in [3.05, 3.63) is 64.4 Å². The van der Waals surface area contributed by atoms with E-state index in [4.69, 9.17) is 27.9 Å². The van der Waals surface area contributed by atoms with Crippen LogP contribution in [0.5, 0.6) is 5.75 Å². The number of carbonyl (C=O) groups excluding carboxylic acids is 1. The average Bonchev–Trinajstić information content (AvgIpc) is 2.63. The van der Waals surface area contributed by atoms with Crippen LogP contribution in [0.2, 0.25) is 10.0 Å². The van der Waals surface area contributed by atoms with Crippen LogP contribution in [0, 0.1) is 0 Å². The third-order valence-electron chi connectivity index (χ3n) is 4.01. The maximum Gasteiger partial charge on any atom is 0.246 e. The number of rotatable bonds is 4. The van der Waals surface area contributed by atoms with Gasteiger partial charge in [-0.05, 0) is 36.6 Å². The van der Waals surface area contributed by atoms with E-state index in [1.165, 1.54) is 0 Å². The Hall–Kier alpha value is -2.04. The number of likely N-dealkylation sites (tertiary alicyclic amines) is 1. The summed E-state index contributed by atoms with van der Waals surface area (Å²) in [6.07, 6.45) is 8.30. The van der Waals surface area contributed by atoms with E-state index >= 15 is 0 Å². The first kappa shape index (κ1) is 17.8. The number of ether oxygens (including phenoxy) is 1. The number of amides is 1. The fourth-order valence-electron chi connectivity index (χ4n) is 2.72. The van der Waals surface area contributed by atoms with Crippen molar-refractivity contribution in [1.82, 2.24) is 9.88 Å². The van der Waals surface area contributed by atoms with Gasteiger partial charge in [0.2, 0.25) is 5.91 Å². The number of halogens is 2. The smallest absolute Gasteiger partial charge is 0.246 e. The summed E-state index contributed by atoms with van der Waals surface area (Å²) in [6, 6.07) is 9.09. The van der Waals surface area contributed by atoms with E-state index in [0.717, 1.165) is 24.9 Å². The van der Waals surface area contributed by atoms with Gasteiger partial charge in [0.1, 0.15) is 16.9 Å². The van der Waals surface area contributed by atoms with Crippen LogP contribution in [0.25, 0.3) is 6.08 Å². The van der Waals surface area contributed by atoms with Gasteiger partial charge in [-0.3, -0.25) is 9.78 Å². The lowest BCUT2D eigenvalue weighted by atomic mass is 10.1. The van der Waals surface area contributed by atoms with Crippen LogP contribution < -0.4 is 4.74 Å². The van der Waals surface area contributed by atoms with Crippen LogP contribution in [0.1, 0.15) is 18.4 Å². The molecular formula is C19H18Cl2N2O2. The van der Waals surface area contributed by atoms with Crippen LogP contribution in [-0.2, 0) is 4.79 Å². The average molecular weight is 377 g/mol. The van der Waals surface area contributed by atoms with Crippen molar-refractivity contribution in [2.45, 2.75) is 18.9 Å². The quantitative estimate of drug-likeness (QED) is 0.739. The van der Waals surface area contributed by atoms with E-state index in [1.54, 1.807) is 47.6 Å². The number of carbonyl (C=O) groups is 1. The highest BCUT2D eigenvalue weighted by Crippen LogP contribution is 2.25. The van der Waals surface area contributed by atoms with Gasteiger partial charge in [0.05, 0.1) is 6.54 Å². The summed E-state index contributed by atoms with van der Waals surface area (Å²) in [6.45, 7) is 1.27. The molecular weight excluding hydrogens is 359 g/mol. The summed E-state index contributed by atoms with van der Waals surface area (Å²) in [5.74, 6) is 0.580. The highest BCUT2D eigenvalue weighted by molar-refractivity contribution is 6.31. The second kappa shape index (κ2) is 8.37. The van der Waals surface area contributed by atoms with E-state index in [1.807, 2.05) is 12.1 Å². The van der Waals surface area contributed by atoms with Crippen molar-refractivity contribution in [1.29, 1.82) is 0 Å². The molecule has 2 aromatic rings. The molecule has 1 aliphatic rings. The van der Waals surface area contributed by atoms with E-state index in [2.05, 4.69) is 4.98 Å². The van der Waals surface area contributed by atoms with Crippen molar-refractivity contribution in [2.75, 3.05) is 13.1 Å². The number of benzene rings is 1. The topological polar surface area (TPSA) is 42.4 Å². The molecule has 1 saturated heterocycles. The number of nitrogens with zero attached hydrogens (tertiary/aromatic N) is 2. The number of aromatic nitrogens is 1. The Morgan fingerprint density at radius 1 is 1.24 bits per heavy atom. The Balaban J connectivity index is 1.59. The van der Waals surface area contributed by atoms with Gasteiger partial charge in [0, 0.05) is 36.1 Å². The Bertz CT molecular complexity index is 762. The molecule has 0 spiro atoms. The molecule has 1 amide bonds. The molecule has 25 heavy (non-hydrogen) atoms. The second-order valence-electron chi connectivity index (χ2n) is 5.86. The second-order valence-corrected chi connectivity index (χ2v) is 6.70. The van der Waals surface area contributed by atoms with E-state index in [0.29, 0.717) is 22.3 Å². The molecule has 0 saturated carbocycles. The summed E-state index contributed by atoms with van der Waals surface area (Å²) in [7, 11) is 0. The third-order valence-corrected chi connectivity index (χ3v) is 4.54. The van der Waals surface area contributed by atoms with Crippen LogP contribution in [0.3, 0.4) is 0 Å². The zero-order valence-electron chi connectivity index (χ0n) is 13.6. The normalized spacial score (nSPS) is 17.7. The molecule has 0 aliphatic carbocycles. The monoisotopic (exact) mass is 376 g/mol. The Morgan fingerprint density at radius 2 is 2.04 bits per heavy atom. The SMILES string of the molecule is O=C(/C=C/c1ccc(Cl)cc1)N1CCCC(Oc2ccncc2Cl)C1. The molecule has 0 radical (unpaired) electrons. The molecule has 1 fully saturated rings. The highest BCUT2D eigenvalue weighted by Gasteiger charge is 2.24. The highest BCUT2D eigenvalue weighted by atomic mass is 35.5. The molecule has 1 aromatic heterocycles. The van der Waals surface area contributed by atoms with Gasteiger partial charge in [-0.2, -0.15) is 0 Å². The first-order chi connectivity index (χ1) is 12.1. The minimum Gasteiger partial charge on any atom is -0.487 e. The number of pyridine rings is 1. The minimum absolute atomic E-state index is 0.0240. The van der Waals surface area contributed by atoms with E-state index < -0.39 is 0 Å².